The highest BCUT2D eigenvalue weighted by molar-refractivity contribution is 5.14. The van der Waals surface area contributed by atoms with Gasteiger partial charge in [-0.15, -0.1) is 0 Å². The third-order valence-electron chi connectivity index (χ3n) is 2.49. The van der Waals surface area contributed by atoms with Gasteiger partial charge in [0.1, 0.15) is 5.82 Å². The van der Waals surface area contributed by atoms with E-state index in [-0.39, 0.29) is 5.56 Å². The van der Waals surface area contributed by atoms with Crippen LogP contribution in [0.2, 0.25) is 0 Å². The second-order valence-electron chi connectivity index (χ2n) is 3.84. The van der Waals surface area contributed by atoms with Crippen molar-refractivity contribution in [3.05, 3.63) is 27.9 Å². The summed E-state index contributed by atoms with van der Waals surface area (Å²) in [6, 6.07) is 1.61. The molecular formula is C11H16N2O2. The van der Waals surface area contributed by atoms with Gasteiger partial charge in [0.05, 0.1) is 12.3 Å². The fraction of sp³-hybridized carbons (Fsp3) is 0.636. The Labute approximate surface area is 88.7 Å². The van der Waals surface area contributed by atoms with E-state index < -0.39 is 0 Å². The van der Waals surface area contributed by atoms with Crippen LogP contribution in [0.1, 0.15) is 37.2 Å². The van der Waals surface area contributed by atoms with Gasteiger partial charge in [-0.25, -0.2) is 4.98 Å². The number of ether oxygens (including phenoxy) is 1. The lowest BCUT2D eigenvalue weighted by Gasteiger charge is -2.03. The average molecular weight is 208 g/mol. The van der Waals surface area contributed by atoms with Crippen LogP contribution < -0.4 is 5.56 Å². The van der Waals surface area contributed by atoms with Crippen LogP contribution in [0, 0.1) is 0 Å². The molecule has 1 N–H and O–H groups in total. The first-order chi connectivity index (χ1) is 7.29. The topological polar surface area (TPSA) is 55.0 Å². The van der Waals surface area contributed by atoms with Gasteiger partial charge >= 0.3 is 0 Å². The summed E-state index contributed by atoms with van der Waals surface area (Å²) in [5.74, 6) is 1.27. The Hall–Kier alpha value is -1.16. The number of hydrogen-bond donors (Lipinski definition) is 1. The lowest BCUT2D eigenvalue weighted by molar-refractivity contribution is 0.149. The summed E-state index contributed by atoms with van der Waals surface area (Å²) in [5, 5.41) is 0. The van der Waals surface area contributed by atoms with Crippen molar-refractivity contribution in [1.82, 2.24) is 9.97 Å². The average Bonchev–Trinajstić information content (AvgIpc) is 3.00. The number of aromatic amines is 1. The summed E-state index contributed by atoms with van der Waals surface area (Å²) in [6.45, 7) is 3.27. The Morgan fingerprint density at radius 3 is 3.07 bits per heavy atom. The SMILES string of the molecule is CCOCCc1nc(C2CC2)cc(=O)[nH]1. The predicted octanol–water partition coefficient (Wildman–Crippen LogP) is 1.23. The van der Waals surface area contributed by atoms with Crippen LogP contribution in [-0.4, -0.2) is 23.2 Å². The zero-order chi connectivity index (χ0) is 10.7. The smallest absolute Gasteiger partial charge is 0.251 e. The highest BCUT2D eigenvalue weighted by Gasteiger charge is 2.25. The molecular weight excluding hydrogens is 192 g/mol. The molecule has 2 rings (SSSR count). The van der Waals surface area contributed by atoms with Gasteiger partial charge in [0.15, 0.2) is 0 Å². The molecule has 0 bridgehead atoms. The molecule has 0 amide bonds. The first-order valence-corrected chi connectivity index (χ1v) is 5.47. The molecule has 1 fully saturated rings. The third-order valence-corrected chi connectivity index (χ3v) is 2.49. The molecule has 15 heavy (non-hydrogen) atoms. The van der Waals surface area contributed by atoms with E-state index in [1.54, 1.807) is 6.07 Å². The number of nitrogens with one attached hydrogen (secondary N) is 1. The highest BCUT2D eigenvalue weighted by atomic mass is 16.5. The summed E-state index contributed by atoms with van der Waals surface area (Å²) in [6.07, 6.45) is 3.02. The van der Waals surface area contributed by atoms with Crippen molar-refractivity contribution in [3.8, 4) is 0 Å². The van der Waals surface area contributed by atoms with E-state index in [4.69, 9.17) is 4.74 Å². The maximum absolute atomic E-state index is 11.3. The summed E-state index contributed by atoms with van der Waals surface area (Å²) >= 11 is 0. The van der Waals surface area contributed by atoms with Gasteiger partial charge in [-0.3, -0.25) is 4.79 Å². The lowest BCUT2D eigenvalue weighted by Crippen LogP contribution is -2.14. The molecule has 0 unspecified atom stereocenters. The third kappa shape index (κ3) is 2.89. The Morgan fingerprint density at radius 2 is 2.40 bits per heavy atom. The first-order valence-electron chi connectivity index (χ1n) is 5.47. The second kappa shape index (κ2) is 4.57. The molecule has 0 atom stereocenters. The first kappa shape index (κ1) is 10.4. The molecule has 82 valence electrons. The molecule has 1 aromatic heterocycles. The standard InChI is InChI=1S/C11H16N2O2/c1-2-15-6-5-10-12-9(8-3-4-8)7-11(14)13-10/h7-8H,2-6H2,1H3,(H,12,13,14). The molecule has 1 heterocycles. The normalized spacial score (nSPS) is 15.5. The monoisotopic (exact) mass is 208 g/mol. The van der Waals surface area contributed by atoms with Crippen molar-refractivity contribution in [3.63, 3.8) is 0 Å². The number of aromatic nitrogens is 2. The lowest BCUT2D eigenvalue weighted by atomic mass is 10.2. The Morgan fingerprint density at radius 1 is 1.60 bits per heavy atom. The molecule has 0 aliphatic heterocycles. The van der Waals surface area contributed by atoms with Crippen molar-refractivity contribution in [2.45, 2.75) is 32.1 Å². The van der Waals surface area contributed by atoms with Crippen LogP contribution in [0.5, 0.6) is 0 Å². The largest absolute Gasteiger partial charge is 0.381 e. The molecule has 1 saturated carbocycles. The van der Waals surface area contributed by atoms with E-state index in [1.807, 2.05) is 6.92 Å². The van der Waals surface area contributed by atoms with Crippen LogP contribution in [-0.2, 0) is 11.2 Å². The second-order valence-corrected chi connectivity index (χ2v) is 3.84. The predicted molar refractivity (Wildman–Crippen MR) is 57.0 cm³/mol. The minimum atomic E-state index is -0.0431. The Kier molecular flexibility index (Phi) is 3.16. The molecule has 4 nitrogen and oxygen atoms in total. The van der Waals surface area contributed by atoms with Crippen molar-refractivity contribution in [1.29, 1.82) is 0 Å². The quantitative estimate of drug-likeness (QED) is 0.740. The van der Waals surface area contributed by atoms with Gasteiger partial charge in [0.2, 0.25) is 0 Å². The zero-order valence-electron chi connectivity index (χ0n) is 8.95. The van der Waals surface area contributed by atoms with Gasteiger partial charge in [-0.2, -0.15) is 0 Å². The van der Waals surface area contributed by atoms with E-state index in [2.05, 4.69) is 9.97 Å². The van der Waals surface area contributed by atoms with E-state index >= 15 is 0 Å². The fourth-order valence-electron chi connectivity index (χ4n) is 1.55. The van der Waals surface area contributed by atoms with Crippen molar-refractivity contribution in [2.24, 2.45) is 0 Å². The molecule has 0 saturated heterocycles. The summed E-state index contributed by atoms with van der Waals surface area (Å²) < 4.78 is 5.23. The minimum absolute atomic E-state index is 0.0431. The molecule has 1 aliphatic rings. The number of nitrogens with zero attached hydrogens (tertiary/aromatic N) is 1. The van der Waals surface area contributed by atoms with Gasteiger partial charge in [0, 0.05) is 25.0 Å². The summed E-state index contributed by atoms with van der Waals surface area (Å²) in [7, 11) is 0. The molecule has 1 aliphatic carbocycles. The van der Waals surface area contributed by atoms with Crippen molar-refractivity contribution < 1.29 is 4.74 Å². The van der Waals surface area contributed by atoms with Crippen LogP contribution >= 0.6 is 0 Å². The van der Waals surface area contributed by atoms with Gasteiger partial charge < -0.3 is 9.72 Å². The molecule has 4 heteroatoms. The highest BCUT2D eigenvalue weighted by Crippen LogP contribution is 2.38. The van der Waals surface area contributed by atoms with E-state index in [0.29, 0.717) is 25.6 Å². The van der Waals surface area contributed by atoms with Crippen molar-refractivity contribution >= 4 is 0 Å². The van der Waals surface area contributed by atoms with Crippen LogP contribution in [0.4, 0.5) is 0 Å². The molecule has 0 spiro atoms. The summed E-state index contributed by atoms with van der Waals surface area (Å²) in [4.78, 5) is 18.5. The molecule has 0 radical (unpaired) electrons. The minimum Gasteiger partial charge on any atom is -0.381 e. The van der Waals surface area contributed by atoms with Crippen LogP contribution in [0.25, 0.3) is 0 Å². The number of H-pyrrole nitrogens is 1. The maximum atomic E-state index is 11.3. The molecule has 0 aromatic carbocycles. The number of hydrogen-bond acceptors (Lipinski definition) is 3. The van der Waals surface area contributed by atoms with E-state index in [1.165, 1.54) is 12.8 Å². The zero-order valence-corrected chi connectivity index (χ0v) is 8.95. The Bertz CT molecular complexity index is 382. The fourth-order valence-corrected chi connectivity index (χ4v) is 1.55. The summed E-state index contributed by atoms with van der Waals surface area (Å²) in [5.41, 5.74) is 0.906. The Balaban J connectivity index is 2.06. The van der Waals surface area contributed by atoms with E-state index in [0.717, 1.165) is 11.5 Å². The van der Waals surface area contributed by atoms with Crippen LogP contribution in [0.15, 0.2) is 10.9 Å². The maximum Gasteiger partial charge on any atom is 0.251 e. The number of rotatable bonds is 5. The van der Waals surface area contributed by atoms with Crippen LogP contribution in [0.3, 0.4) is 0 Å². The van der Waals surface area contributed by atoms with Gasteiger partial charge in [-0.1, -0.05) is 0 Å². The van der Waals surface area contributed by atoms with Gasteiger partial charge in [0.25, 0.3) is 5.56 Å². The van der Waals surface area contributed by atoms with Crippen molar-refractivity contribution in [2.75, 3.05) is 13.2 Å². The van der Waals surface area contributed by atoms with E-state index in [9.17, 15) is 4.79 Å². The van der Waals surface area contributed by atoms with Gasteiger partial charge in [-0.05, 0) is 19.8 Å². The molecule has 1 aromatic rings.